The number of carboxylic acids is 1. The van der Waals surface area contributed by atoms with E-state index in [1.807, 2.05) is 38.3 Å². The van der Waals surface area contributed by atoms with E-state index in [2.05, 4.69) is 9.97 Å². The van der Waals surface area contributed by atoms with Crippen molar-refractivity contribution in [1.29, 1.82) is 0 Å². The number of hydrogen-bond acceptors (Lipinski definition) is 4. The molecule has 0 unspecified atom stereocenters. The zero-order valence-corrected chi connectivity index (χ0v) is 11.8. The summed E-state index contributed by atoms with van der Waals surface area (Å²) in [7, 11) is 0. The van der Waals surface area contributed by atoms with Gasteiger partial charge in [0.25, 0.3) is 0 Å². The molecule has 0 saturated carbocycles. The Hall–Kier alpha value is -1.88. The molecule has 1 aromatic carbocycles. The second-order valence-corrected chi connectivity index (χ2v) is 5.00. The van der Waals surface area contributed by atoms with Crippen LogP contribution in [0.15, 0.2) is 29.4 Å². The first-order chi connectivity index (χ1) is 9.01. The van der Waals surface area contributed by atoms with Crippen molar-refractivity contribution < 1.29 is 9.90 Å². The van der Waals surface area contributed by atoms with Gasteiger partial charge in [0.05, 0.1) is 5.69 Å². The first-order valence-corrected chi connectivity index (χ1v) is 6.97. The van der Waals surface area contributed by atoms with Gasteiger partial charge >= 0.3 is 5.97 Å². The Labute approximate surface area is 115 Å². The molecule has 1 N–H and O–H groups in total. The smallest absolute Gasteiger partial charge is 0.354 e. The molecule has 0 amide bonds. The number of hydrogen-bond donors (Lipinski definition) is 1. The summed E-state index contributed by atoms with van der Waals surface area (Å²) in [4.78, 5) is 19.4. The van der Waals surface area contributed by atoms with Crippen LogP contribution in [0.3, 0.4) is 0 Å². The Bertz CT molecular complexity index is 641. The molecule has 1 aromatic heterocycles. The van der Waals surface area contributed by atoms with Gasteiger partial charge in [0.15, 0.2) is 10.9 Å². The summed E-state index contributed by atoms with van der Waals surface area (Å²) in [6.07, 6.45) is 1.82. The van der Waals surface area contributed by atoms with Gasteiger partial charge in [0.1, 0.15) is 0 Å². The van der Waals surface area contributed by atoms with E-state index in [0.717, 1.165) is 11.1 Å². The van der Waals surface area contributed by atoms with Gasteiger partial charge in [-0.2, -0.15) is 0 Å². The highest BCUT2D eigenvalue weighted by molar-refractivity contribution is 7.98. The van der Waals surface area contributed by atoms with Crippen molar-refractivity contribution in [3.63, 3.8) is 0 Å². The summed E-state index contributed by atoms with van der Waals surface area (Å²) < 4.78 is 0. The fourth-order valence-electron chi connectivity index (χ4n) is 1.67. The molecule has 19 heavy (non-hydrogen) atoms. The van der Waals surface area contributed by atoms with Crippen LogP contribution in [0.25, 0.3) is 11.3 Å². The van der Waals surface area contributed by atoms with E-state index in [-0.39, 0.29) is 5.69 Å². The SMILES string of the molecule is CSc1nc(C(=O)O)cc(-c2ccc(C)c(C)c2)n1. The third kappa shape index (κ3) is 2.93. The molecular weight excluding hydrogens is 260 g/mol. The lowest BCUT2D eigenvalue weighted by molar-refractivity contribution is 0.0689. The topological polar surface area (TPSA) is 63.1 Å². The van der Waals surface area contributed by atoms with Gasteiger partial charge in [0.2, 0.25) is 0 Å². The Balaban J connectivity index is 2.57. The summed E-state index contributed by atoms with van der Waals surface area (Å²) in [5, 5.41) is 9.54. The maximum atomic E-state index is 11.1. The van der Waals surface area contributed by atoms with Gasteiger partial charge < -0.3 is 5.11 Å². The number of rotatable bonds is 3. The van der Waals surface area contributed by atoms with Gasteiger partial charge in [-0.05, 0) is 43.4 Å². The third-order valence-electron chi connectivity index (χ3n) is 2.91. The standard InChI is InChI=1S/C14H14N2O2S/c1-8-4-5-10(6-9(8)2)11-7-12(13(17)18)16-14(15-11)19-3/h4-7H,1-3H3,(H,17,18). The number of nitrogens with zero attached hydrogens (tertiary/aromatic N) is 2. The zero-order chi connectivity index (χ0) is 14.0. The predicted molar refractivity (Wildman–Crippen MR) is 75.7 cm³/mol. The molecule has 0 aliphatic carbocycles. The van der Waals surface area contributed by atoms with Gasteiger partial charge in [-0.15, -0.1) is 0 Å². The molecule has 4 nitrogen and oxygen atoms in total. The number of carboxylic acid groups (broad SMARTS) is 1. The highest BCUT2D eigenvalue weighted by Crippen LogP contribution is 2.23. The molecule has 2 rings (SSSR count). The van der Waals surface area contributed by atoms with Crippen LogP contribution in [0, 0.1) is 13.8 Å². The number of carbonyl (C=O) groups is 1. The number of aryl methyl sites for hydroxylation is 2. The summed E-state index contributed by atoms with van der Waals surface area (Å²) >= 11 is 1.33. The average molecular weight is 274 g/mol. The maximum absolute atomic E-state index is 11.1. The van der Waals surface area contributed by atoms with E-state index in [1.54, 1.807) is 0 Å². The van der Waals surface area contributed by atoms with Crippen molar-refractivity contribution in [2.75, 3.05) is 6.26 Å². The Morgan fingerprint density at radius 1 is 1.16 bits per heavy atom. The molecule has 0 fully saturated rings. The van der Waals surface area contributed by atoms with Crippen molar-refractivity contribution >= 4 is 17.7 Å². The fourth-order valence-corrected chi connectivity index (χ4v) is 2.05. The summed E-state index contributed by atoms with van der Waals surface area (Å²) in [5.41, 5.74) is 3.91. The van der Waals surface area contributed by atoms with Crippen LogP contribution < -0.4 is 0 Å². The molecule has 2 aromatic rings. The summed E-state index contributed by atoms with van der Waals surface area (Å²) in [6, 6.07) is 7.46. The molecule has 0 radical (unpaired) electrons. The van der Waals surface area contributed by atoms with Crippen LogP contribution in [-0.4, -0.2) is 27.3 Å². The number of aromatic nitrogens is 2. The Morgan fingerprint density at radius 2 is 1.89 bits per heavy atom. The first-order valence-electron chi connectivity index (χ1n) is 5.75. The number of aromatic carboxylic acids is 1. The fraction of sp³-hybridized carbons (Fsp3) is 0.214. The van der Waals surface area contributed by atoms with E-state index in [9.17, 15) is 4.79 Å². The van der Waals surface area contributed by atoms with E-state index in [0.29, 0.717) is 10.9 Å². The molecule has 0 bridgehead atoms. The second-order valence-electron chi connectivity index (χ2n) is 4.23. The molecule has 0 spiro atoms. The van der Waals surface area contributed by atoms with Crippen molar-refractivity contribution in [2.45, 2.75) is 19.0 Å². The summed E-state index contributed by atoms with van der Waals surface area (Å²) in [5.74, 6) is -1.04. The molecule has 1 heterocycles. The lowest BCUT2D eigenvalue weighted by Crippen LogP contribution is -2.03. The van der Waals surface area contributed by atoms with E-state index in [4.69, 9.17) is 5.11 Å². The molecule has 0 aliphatic rings. The van der Waals surface area contributed by atoms with E-state index < -0.39 is 5.97 Å². The number of thioether (sulfide) groups is 1. The van der Waals surface area contributed by atoms with Crippen LogP contribution in [0.5, 0.6) is 0 Å². The average Bonchev–Trinajstić information content (AvgIpc) is 2.41. The number of benzene rings is 1. The van der Waals surface area contributed by atoms with Crippen LogP contribution >= 0.6 is 11.8 Å². The minimum atomic E-state index is -1.04. The zero-order valence-electron chi connectivity index (χ0n) is 11.0. The van der Waals surface area contributed by atoms with E-state index in [1.165, 1.54) is 23.4 Å². The Morgan fingerprint density at radius 3 is 2.47 bits per heavy atom. The minimum Gasteiger partial charge on any atom is -0.477 e. The highest BCUT2D eigenvalue weighted by Gasteiger charge is 2.11. The van der Waals surface area contributed by atoms with Crippen molar-refractivity contribution in [3.05, 3.63) is 41.1 Å². The molecule has 0 saturated heterocycles. The quantitative estimate of drug-likeness (QED) is 0.688. The minimum absolute atomic E-state index is 0.0209. The third-order valence-corrected chi connectivity index (χ3v) is 3.46. The van der Waals surface area contributed by atoms with Gasteiger partial charge in [0, 0.05) is 5.56 Å². The molecular formula is C14H14N2O2S. The monoisotopic (exact) mass is 274 g/mol. The van der Waals surface area contributed by atoms with Gasteiger partial charge in [-0.25, -0.2) is 14.8 Å². The lowest BCUT2D eigenvalue weighted by atomic mass is 10.0. The summed E-state index contributed by atoms with van der Waals surface area (Å²) in [6.45, 7) is 4.06. The van der Waals surface area contributed by atoms with Crippen molar-refractivity contribution in [2.24, 2.45) is 0 Å². The van der Waals surface area contributed by atoms with Crippen molar-refractivity contribution in [1.82, 2.24) is 9.97 Å². The van der Waals surface area contributed by atoms with Crippen LogP contribution in [0.4, 0.5) is 0 Å². The largest absolute Gasteiger partial charge is 0.477 e. The second kappa shape index (κ2) is 5.40. The van der Waals surface area contributed by atoms with Gasteiger partial charge in [-0.3, -0.25) is 0 Å². The van der Waals surface area contributed by atoms with Crippen LogP contribution in [0.2, 0.25) is 0 Å². The van der Waals surface area contributed by atoms with E-state index >= 15 is 0 Å². The van der Waals surface area contributed by atoms with Crippen LogP contribution in [-0.2, 0) is 0 Å². The highest BCUT2D eigenvalue weighted by atomic mass is 32.2. The predicted octanol–water partition coefficient (Wildman–Crippen LogP) is 3.18. The lowest BCUT2D eigenvalue weighted by Gasteiger charge is -2.07. The molecule has 0 atom stereocenters. The molecule has 5 heteroatoms. The molecule has 98 valence electrons. The van der Waals surface area contributed by atoms with Gasteiger partial charge in [-0.1, -0.05) is 23.9 Å². The van der Waals surface area contributed by atoms with Crippen molar-refractivity contribution in [3.8, 4) is 11.3 Å². The normalized spacial score (nSPS) is 10.5. The Kier molecular flexibility index (Phi) is 3.85. The molecule has 0 aliphatic heterocycles. The first kappa shape index (κ1) is 13.5. The van der Waals surface area contributed by atoms with Crippen LogP contribution in [0.1, 0.15) is 21.6 Å². The maximum Gasteiger partial charge on any atom is 0.354 e.